The van der Waals surface area contributed by atoms with E-state index in [9.17, 15) is 19.8 Å². The Bertz CT molecular complexity index is 1110. The molecule has 0 fully saturated rings. The summed E-state index contributed by atoms with van der Waals surface area (Å²) in [5, 5.41) is 23.8. The summed E-state index contributed by atoms with van der Waals surface area (Å²) in [7, 11) is 0. The molecule has 3 atom stereocenters. The standard InChI is InChI=1S/C59H109NO5/c1-4-7-10-13-16-19-22-25-28-29-31-34-37-40-43-46-49-52-59(64)65-55(50-47-44-41-38-35-32-27-24-21-18-15-12-9-6-3)53-58(63)60-56(54-61)57(62)51-48-45-42-39-36-33-30-26-23-20-17-14-11-8-5-2/h16,19,25,28,32,35,38,41,55-57,61-62H,4-15,17-18,20-24,26-27,29-31,33-34,36-37,39-40,42-54H2,1-3H3,(H,60,63)/b19-16-,28-25-,35-32+,41-38+. The summed E-state index contributed by atoms with van der Waals surface area (Å²) in [4.78, 5) is 26.2. The van der Waals surface area contributed by atoms with Gasteiger partial charge in [-0.2, -0.15) is 0 Å². The minimum Gasteiger partial charge on any atom is -0.462 e. The SMILES string of the molecule is CCCCC/C=C\C/C=C\CCCCCCCCCC(=O)OC(CCC/C=C/C=C/CCCCCCCCC)CC(=O)NC(CO)C(O)CCCCCCCCCCCCCCCCC. The highest BCUT2D eigenvalue weighted by molar-refractivity contribution is 5.77. The lowest BCUT2D eigenvalue weighted by atomic mass is 10.0. The van der Waals surface area contributed by atoms with Crippen molar-refractivity contribution in [2.24, 2.45) is 0 Å². The Hall–Kier alpha value is -2.18. The molecule has 380 valence electrons. The molecule has 6 heteroatoms. The van der Waals surface area contributed by atoms with Crippen LogP contribution in [0.5, 0.6) is 0 Å². The van der Waals surface area contributed by atoms with E-state index in [2.05, 4.69) is 74.7 Å². The van der Waals surface area contributed by atoms with E-state index in [1.807, 2.05) is 0 Å². The van der Waals surface area contributed by atoms with Crippen LogP contribution >= 0.6 is 0 Å². The van der Waals surface area contributed by atoms with Crippen LogP contribution < -0.4 is 5.32 Å². The van der Waals surface area contributed by atoms with Crippen molar-refractivity contribution >= 4 is 11.9 Å². The van der Waals surface area contributed by atoms with Crippen molar-refractivity contribution < 1.29 is 24.5 Å². The summed E-state index contributed by atoms with van der Waals surface area (Å²) >= 11 is 0. The molecule has 6 nitrogen and oxygen atoms in total. The Morgan fingerprint density at radius 2 is 0.846 bits per heavy atom. The summed E-state index contributed by atoms with van der Waals surface area (Å²) in [5.74, 6) is -0.521. The Morgan fingerprint density at radius 3 is 1.32 bits per heavy atom. The largest absolute Gasteiger partial charge is 0.462 e. The number of ether oxygens (including phenoxy) is 1. The maximum absolute atomic E-state index is 13.2. The van der Waals surface area contributed by atoms with Crippen molar-refractivity contribution in [3.8, 4) is 0 Å². The van der Waals surface area contributed by atoms with E-state index in [1.165, 1.54) is 173 Å². The van der Waals surface area contributed by atoms with Gasteiger partial charge in [0.05, 0.1) is 25.2 Å². The van der Waals surface area contributed by atoms with Gasteiger partial charge in [-0.05, 0) is 77.0 Å². The maximum atomic E-state index is 13.2. The molecule has 0 heterocycles. The van der Waals surface area contributed by atoms with Crippen LogP contribution in [0.1, 0.15) is 290 Å². The Kier molecular flexibility index (Phi) is 51.0. The number of rotatable bonds is 51. The van der Waals surface area contributed by atoms with E-state index in [-0.39, 0.29) is 24.9 Å². The molecule has 0 bridgehead atoms. The summed E-state index contributed by atoms with van der Waals surface area (Å²) in [6.07, 6.45) is 64.6. The van der Waals surface area contributed by atoms with E-state index >= 15 is 0 Å². The van der Waals surface area contributed by atoms with Gasteiger partial charge in [0.15, 0.2) is 0 Å². The number of carbonyl (C=O) groups is 2. The van der Waals surface area contributed by atoms with Crippen LogP contribution in [0.2, 0.25) is 0 Å². The van der Waals surface area contributed by atoms with E-state index in [0.29, 0.717) is 19.3 Å². The molecule has 0 saturated heterocycles. The average Bonchev–Trinajstić information content (AvgIpc) is 3.30. The predicted octanol–water partition coefficient (Wildman–Crippen LogP) is 17.4. The zero-order valence-electron chi connectivity index (χ0n) is 43.4. The third kappa shape index (κ3) is 48.1. The minimum atomic E-state index is -0.801. The normalized spacial score (nSPS) is 13.5. The molecule has 0 saturated carbocycles. The number of esters is 1. The van der Waals surface area contributed by atoms with E-state index in [0.717, 1.165) is 70.6 Å². The molecule has 0 rings (SSSR count). The fourth-order valence-corrected chi connectivity index (χ4v) is 8.58. The lowest BCUT2D eigenvalue weighted by Crippen LogP contribution is -2.46. The fourth-order valence-electron chi connectivity index (χ4n) is 8.58. The molecule has 3 N–H and O–H groups in total. The Balaban J connectivity index is 4.60. The van der Waals surface area contributed by atoms with Gasteiger partial charge in [-0.3, -0.25) is 9.59 Å². The fraction of sp³-hybridized carbons (Fsp3) is 0.831. The van der Waals surface area contributed by atoms with Gasteiger partial charge in [0.1, 0.15) is 6.10 Å². The van der Waals surface area contributed by atoms with Crippen LogP contribution in [0.4, 0.5) is 0 Å². The van der Waals surface area contributed by atoms with E-state index < -0.39 is 18.2 Å². The molecule has 0 aromatic rings. The third-order valence-corrected chi connectivity index (χ3v) is 12.9. The molecule has 0 aliphatic rings. The van der Waals surface area contributed by atoms with Gasteiger partial charge in [0, 0.05) is 6.42 Å². The van der Waals surface area contributed by atoms with Gasteiger partial charge in [0.25, 0.3) is 0 Å². The molecule has 0 spiro atoms. The Labute approximate surface area is 404 Å². The van der Waals surface area contributed by atoms with Gasteiger partial charge < -0.3 is 20.3 Å². The molecule has 0 radical (unpaired) electrons. The van der Waals surface area contributed by atoms with Crippen molar-refractivity contribution in [1.82, 2.24) is 5.32 Å². The number of aliphatic hydroxyl groups is 2. The summed E-state index contributed by atoms with van der Waals surface area (Å²) in [6, 6.07) is -0.718. The second-order valence-electron chi connectivity index (χ2n) is 19.4. The number of hydrogen-bond donors (Lipinski definition) is 3. The van der Waals surface area contributed by atoms with Gasteiger partial charge in [0.2, 0.25) is 5.91 Å². The van der Waals surface area contributed by atoms with Crippen LogP contribution in [-0.4, -0.2) is 46.9 Å². The molecule has 3 unspecified atom stereocenters. The molecule has 0 aliphatic heterocycles. The number of allylic oxidation sites excluding steroid dienone is 8. The highest BCUT2D eigenvalue weighted by atomic mass is 16.5. The molecule has 0 aromatic heterocycles. The summed E-state index contributed by atoms with van der Waals surface area (Å²) in [6.45, 7) is 6.46. The first kappa shape index (κ1) is 62.8. The van der Waals surface area contributed by atoms with Crippen LogP contribution in [0.15, 0.2) is 48.6 Å². The lowest BCUT2D eigenvalue weighted by molar-refractivity contribution is -0.151. The van der Waals surface area contributed by atoms with E-state index in [4.69, 9.17) is 4.74 Å². The first-order chi connectivity index (χ1) is 32.0. The zero-order chi connectivity index (χ0) is 47.4. The molecule has 0 aromatic carbocycles. The first-order valence-corrected chi connectivity index (χ1v) is 28.4. The minimum absolute atomic E-state index is 0.0426. The number of carbonyl (C=O) groups excluding carboxylic acids is 2. The van der Waals surface area contributed by atoms with Crippen LogP contribution in [-0.2, 0) is 14.3 Å². The predicted molar refractivity (Wildman–Crippen MR) is 282 cm³/mol. The number of hydrogen-bond acceptors (Lipinski definition) is 5. The Morgan fingerprint density at radius 1 is 0.462 bits per heavy atom. The van der Waals surface area contributed by atoms with Crippen molar-refractivity contribution in [1.29, 1.82) is 0 Å². The second kappa shape index (κ2) is 52.8. The number of unbranched alkanes of at least 4 members (excludes halogenated alkanes) is 32. The zero-order valence-corrected chi connectivity index (χ0v) is 43.4. The first-order valence-electron chi connectivity index (χ1n) is 28.4. The van der Waals surface area contributed by atoms with Gasteiger partial charge in [-0.25, -0.2) is 0 Å². The lowest BCUT2D eigenvalue weighted by Gasteiger charge is -2.24. The maximum Gasteiger partial charge on any atom is 0.306 e. The van der Waals surface area contributed by atoms with Crippen molar-refractivity contribution in [2.75, 3.05) is 6.61 Å². The van der Waals surface area contributed by atoms with Gasteiger partial charge >= 0.3 is 5.97 Å². The van der Waals surface area contributed by atoms with Crippen molar-refractivity contribution in [3.05, 3.63) is 48.6 Å². The van der Waals surface area contributed by atoms with Gasteiger partial charge in [-0.1, -0.05) is 249 Å². The quantitative estimate of drug-likeness (QED) is 0.0245. The smallest absolute Gasteiger partial charge is 0.306 e. The highest BCUT2D eigenvalue weighted by Crippen LogP contribution is 2.17. The number of amides is 1. The number of nitrogens with one attached hydrogen (secondary N) is 1. The topological polar surface area (TPSA) is 95.9 Å². The molecular formula is C59H109NO5. The van der Waals surface area contributed by atoms with Crippen molar-refractivity contribution in [2.45, 2.75) is 309 Å². The molecule has 65 heavy (non-hydrogen) atoms. The van der Waals surface area contributed by atoms with Crippen LogP contribution in [0.3, 0.4) is 0 Å². The van der Waals surface area contributed by atoms with Crippen molar-refractivity contribution in [3.63, 3.8) is 0 Å². The summed E-state index contributed by atoms with van der Waals surface area (Å²) < 4.78 is 5.93. The molecule has 1 amide bonds. The second-order valence-corrected chi connectivity index (χ2v) is 19.4. The van der Waals surface area contributed by atoms with Crippen LogP contribution in [0.25, 0.3) is 0 Å². The average molecular weight is 913 g/mol. The highest BCUT2D eigenvalue weighted by Gasteiger charge is 2.24. The third-order valence-electron chi connectivity index (χ3n) is 12.9. The van der Waals surface area contributed by atoms with E-state index in [1.54, 1.807) is 0 Å². The monoisotopic (exact) mass is 912 g/mol. The van der Waals surface area contributed by atoms with Crippen LogP contribution in [0, 0.1) is 0 Å². The summed E-state index contributed by atoms with van der Waals surface area (Å²) in [5.41, 5.74) is 0. The number of aliphatic hydroxyl groups excluding tert-OH is 2. The van der Waals surface area contributed by atoms with Gasteiger partial charge in [-0.15, -0.1) is 0 Å². The molecular weight excluding hydrogens is 803 g/mol. The molecule has 0 aliphatic carbocycles.